The van der Waals surface area contributed by atoms with Gasteiger partial charge in [0.15, 0.2) is 0 Å². The zero-order valence-corrected chi connectivity index (χ0v) is 16.5. The lowest BCUT2D eigenvalue weighted by atomic mass is 9.87. The van der Waals surface area contributed by atoms with Crippen LogP contribution in [0.4, 0.5) is 0 Å². The summed E-state index contributed by atoms with van der Waals surface area (Å²) in [5.74, 6) is -0.277. The highest BCUT2D eigenvalue weighted by molar-refractivity contribution is 5.98. The number of likely N-dealkylation sites (tertiary alicyclic amines) is 1. The zero-order chi connectivity index (χ0) is 20.1. The van der Waals surface area contributed by atoms with E-state index < -0.39 is 18.2 Å². The van der Waals surface area contributed by atoms with Crippen LogP contribution in [0.3, 0.4) is 0 Å². The van der Waals surface area contributed by atoms with Crippen molar-refractivity contribution in [2.45, 2.75) is 44.9 Å². The number of likely N-dealkylation sites (N-methyl/N-ethyl adjacent to an activating group) is 1. The highest BCUT2D eigenvalue weighted by Gasteiger charge is 2.44. The summed E-state index contributed by atoms with van der Waals surface area (Å²) in [6.07, 6.45) is 0.226. The molecule has 0 aliphatic carbocycles. The summed E-state index contributed by atoms with van der Waals surface area (Å²) in [6, 6.07) is 17.4. The molecule has 5 heteroatoms. The summed E-state index contributed by atoms with van der Waals surface area (Å²) < 4.78 is 0. The van der Waals surface area contributed by atoms with E-state index in [9.17, 15) is 14.7 Å². The Morgan fingerprint density at radius 1 is 0.964 bits per heavy atom. The van der Waals surface area contributed by atoms with Gasteiger partial charge in [0, 0.05) is 18.7 Å². The first kappa shape index (κ1) is 20.1. The van der Waals surface area contributed by atoms with Crippen LogP contribution in [0.15, 0.2) is 60.7 Å². The molecule has 28 heavy (non-hydrogen) atoms. The number of hydrogen-bond acceptors (Lipinski definition) is 3. The quantitative estimate of drug-likeness (QED) is 0.866. The van der Waals surface area contributed by atoms with Gasteiger partial charge in [-0.3, -0.25) is 9.59 Å². The minimum Gasteiger partial charge on any atom is -0.391 e. The summed E-state index contributed by atoms with van der Waals surface area (Å²) in [4.78, 5) is 30.1. The van der Waals surface area contributed by atoms with E-state index in [1.807, 2.05) is 62.4 Å². The number of hydrogen-bond donors (Lipinski definition) is 1. The fourth-order valence-corrected chi connectivity index (χ4v) is 4.02. The first-order valence-corrected chi connectivity index (χ1v) is 9.98. The van der Waals surface area contributed by atoms with Crippen LogP contribution in [0, 0.1) is 0 Å². The smallest absolute Gasteiger partial charge is 0.255 e. The van der Waals surface area contributed by atoms with E-state index in [0.29, 0.717) is 31.5 Å². The minimum absolute atomic E-state index is 0.0536. The normalized spacial score (nSPS) is 22.0. The van der Waals surface area contributed by atoms with Crippen LogP contribution < -0.4 is 0 Å². The molecule has 1 N–H and O–H groups in total. The molecule has 5 nitrogen and oxygen atoms in total. The Morgan fingerprint density at radius 2 is 1.54 bits per heavy atom. The van der Waals surface area contributed by atoms with Crippen molar-refractivity contribution in [2.75, 3.05) is 13.1 Å². The summed E-state index contributed by atoms with van der Waals surface area (Å²) >= 11 is 0. The molecule has 1 heterocycles. The lowest BCUT2D eigenvalue weighted by Gasteiger charge is -2.45. The Bertz CT molecular complexity index is 790. The van der Waals surface area contributed by atoms with Crippen molar-refractivity contribution in [3.8, 4) is 0 Å². The van der Waals surface area contributed by atoms with Crippen molar-refractivity contribution in [2.24, 2.45) is 0 Å². The van der Waals surface area contributed by atoms with Crippen molar-refractivity contribution in [1.29, 1.82) is 0 Å². The molecule has 3 rings (SSSR count). The van der Waals surface area contributed by atoms with Gasteiger partial charge in [-0.1, -0.05) is 48.5 Å². The van der Waals surface area contributed by atoms with E-state index in [4.69, 9.17) is 0 Å². The lowest BCUT2D eigenvalue weighted by Crippen LogP contribution is -2.57. The van der Waals surface area contributed by atoms with Crippen molar-refractivity contribution >= 4 is 11.8 Å². The van der Waals surface area contributed by atoms with Gasteiger partial charge in [0.2, 0.25) is 5.91 Å². The number of rotatable bonds is 5. The lowest BCUT2D eigenvalue weighted by molar-refractivity contribution is -0.140. The maximum Gasteiger partial charge on any atom is 0.255 e. The van der Waals surface area contributed by atoms with Crippen LogP contribution in [0.2, 0.25) is 0 Å². The van der Waals surface area contributed by atoms with Gasteiger partial charge in [0.25, 0.3) is 5.91 Å². The summed E-state index contributed by atoms with van der Waals surface area (Å²) in [5, 5.41) is 10.8. The highest BCUT2D eigenvalue weighted by Crippen LogP contribution is 2.36. The number of amides is 2. The Kier molecular flexibility index (Phi) is 6.47. The molecular formula is C23H28N2O3. The number of aliphatic hydroxyl groups excluding tert-OH is 1. The number of benzene rings is 2. The number of aliphatic hydroxyl groups is 1. The predicted molar refractivity (Wildman–Crippen MR) is 109 cm³/mol. The Morgan fingerprint density at radius 3 is 2.11 bits per heavy atom. The third-order valence-electron chi connectivity index (χ3n) is 5.49. The summed E-state index contributed by atoms with van der Waals surface area (Å²) in [6.45, 7) is 5.07. The van der Waals surface area contributed by atoms with E-state index in [-0.39, 0.29) is 11.8 Å². The van der Waals surface area contributed by atoms with Crippen molar-refractivity contribution < 1.29 is 14.7 Å². The van der Waals surface area contributed by atoms with Crippen LogP contribution >= 0.6 is 0 Å². The van der Waals surface area contributed by atoms with E-state index in [1.54, 1.807) is 21.9 Å². The van der Waals surface area contributed by atoms with Crippen LogP contribution in [0.25, 0.3) is 0 Å². The van der Waals surface area contributed by atoms with E-state index in [2.05, 4.69) is 0 Å². The molecule has 0 aromatic heterocycles. The zero-order valence-electron chi connectivity index (χ0n) is 16.5. The molecule has 0 spiro atoms. The molecule has 0 radical (unpaired) electrons. The summed E-state index contributed by atoms with van der Waals surface area (Å²) in [5.41, 5.74) is 1.37. The molecule has 1 aliphatic rings. The molecule has 0 saturated carbocycles. The van der Waals surface area contributed by atoms with Gasteiger partial charge < -0.3 is 14.9 Å². The number of piperidine rings is 1. The second-order valence-electron chi connectivity index (χ2n) is 7.10. The molecule has 2 amide bonds. The van der Waals surface area contributed by atoms with Crippen LogP contribution in [0.5, 0.6) is 0 Å². The standard InChI is InChI=1S/C23H28N2O3/c1-3-24(4-2)23(28)19-15-16-20(26)21(17-11-7-5-8-12-17)25(19)22(27)18-13-9-6-10-14-18/h5-14,19-21,26H,3-4,15-16H2,1-2H3/t19-,20?,21?/m0/s1. The summed E-state index contributed by atoms with van der Waals surface area (Å²) in [7, 11) is 0. The minimum atomic E-state index is -0.712. The van der Waals surface area contributed by atoms with Gasteiger partial charge in [-0.25, -0.2) is 0 Å². The second-order valence-corrected chi connectivity index (χ2v) is 7.10. The van der Waals surface area contributed by atoms with E-state index >= 15 is 0 Å². The van der Waals surface area contributed by atoms with Crippen molar-refractivity contribution in [3.63, 3.8) is 0 Å². The molecule has 2 unspecified atom stereocenters. The number of nitrogens with zero attached hydrogens (tertiary/aromatic N) is 2. The van der Waals surface area contributed by atoms with Crippen LogP contribution in [-0.2, 0) is 4.79 Å². The van der Waals surface area contributed by atoms with Crippen molar-refractivity contribution in [3.05, 3.63) is 71.8 Å². The topological polar surface area (TPSA) is 60.9 Å². The fraction of sp³-hybridized carbons (Fsp3) is 0.391. The third kappa shape index (κ3) is 3.94. The molecule has 148 valence electrons. The van der Waals surface area contributed by atoms with Crippen LogP contribution in [-0.4, -0.2) is 52.0 Å². The predicted octanol–water partition coefficient (Wildman–Crippen LogP) is 3.26. The molecule has 1 fully saturated rings. The maximum atomic E-state index is 13.5. The van der Waals surface area contributed by atoms with Crippen molar-refractivity contribution in [1.82, 2.24) is 9.80 Å². The van der Waals surface area contributed by atoms with Gasteiger partial charge in [-0.15, -0.1) is 0 Å². The second kappa shape index (κ2) is 9.02. The molecule has 1 saturated heterocycles. The maximum absolute atomic E-state index is 13.5. The molecule has 0 bridgehead atoms. The monoisotopic (exact) mass is 380 g/mol. The van der Waals surface area contributed by atoms with E-state index in [1.165, 1.54) is 0 Å². The van der Waals surface area contributed by atoms with E-state index in [0.717, 1.165) is 5.56 Å². The number of carbonyl (C=O) groups is 2. The Balaban J connectivity index is 2.06. The van der Waals surface area contributed by atoms with Gasteiger partial charge in [-0.05, 0) is 44.4 Å². The fourth-order valence-electron chi connectivity index (χ4n) is 4.02. The molecule has 3 atom stereocenters. The molecule has 1 aliphatic heterocycles. The van der Waals surface area contributed by atoms with Crippen LogP contribution in [0.1, 0.15) is 48.7 Å². The first-order chi connectivity index (χ1) is 13.6. The highest BCUT2D eigenvalue weighted by atomic mass is 16.3. The SMILES string of the molecule is CCN(CC)C(=O)[C@@H]1CCC(O)C(c2ccccc2)N1C(=O)c1ccccc1. The molecular weight excluding hydrogens is 352 g/mol. The third-order valence-corrected chi connectivity index (χ3v) is 5.49. The van der Waals surface area contributed by atoms with Gasteiger partial charge >= 0.3 is 0 Å². The van der Waals surface area contributed by atoms with Gasteiger partial charge in [0.1, 0.15) is 6.04 Å². The first-order valence-electron chi connectivity index (χ1n) is 9.98. The largest absolute Gasteiger partial charge is 0.391 e. The Labute approximate surface area is 166 Å². The Hall–Kier alpha value is -2.66. The number of carbonyl (C=O) groups excluding carboxylic acids is 2. The molecule has 2 aromatic carbocycles. The van der Waals surface area contributed by atoms with Gasteiger partial charge in [0.05, 0.1) is 12.1 Å². The van der Waals surface area contributed by atoms with Gasteiger partial charge in [-0.2, -0.15) is 0 Å². The average molecular weight is 380 g/mol. The average Bonchev–Trinajstić information content (AvgIpc) is 2.75. The molecule has 2 aromatic rings.